The van der Waals surface area contributed by atoms with Crippen molar-refractivity contribution in [1.29, 1.82) is 0 Å². The number of nitrogens with one attached hydrogen (secondary N) is 3. The molecule has 4 rings (SSSR count). The van der Waals surface area contributed by atoms with Crippen LogP contribution in [0.25, 0.3) is 0 Å². The summed E-state index contributed by atoms with van der Waals surface area (Å²) in [5.74, 6) is 0.743. The normalized spacial score (nSPS) is 17.3. The van der Waals surface area contributed by atoms with Gasteiger partial charge in [-0.05, 0) is 73.0 Å². The van der Waals surface area contributed by atoms with Crippen LogP contribution in [-0.2, 0) is 6.42 Å². The molecule has 0 spiro atoms. The van der Waals surface area contributed by atoms with Gasteiger partial charge in [-0.25, -0.2) is 0 Å². The molecule has 2 atom stereocenters. The zero-order valence-corrected chi connectivity index (χ0v) is 19.5. The lowest BCUT2D eigenvalue weighted by Crippen LogP contribution is -2.49. The standard InChI is InChI=1S/C27H32N4O2/c1-4-5-13-29-25-17-21-16-23(33-3)10-11-24(21)26(31-25)19-6-8-22(9-7-19)30-27(32)20-12-14-28-18(2)15-20/h6-12,14-16,25-26,29,31H,4-5,13,17H2,1-3H3,(H,30,32)/t25-,26+/m1/s1. The number of carbonyl (C=O) groups excluding carboxylic acids is 1. The predicted octanol–water partition coefficient (Wildman–Crippen LogP) is 4.60. The Bertz CT molecular complexity index is 1100. The first kappa shape index (κ1) is 23.0. The molecule has 0 saturated carbocycles. The van der Waals surface area contributed by atoms with Crippen LogP contribution in [0.15, 0.2) is 60.8 Å². The number of amides is 1. The van der Waals surface area contributed by atoms with Crippen molar-refractivity contribution in [3.05, 3.63) is 88.7 Å². The van der Waals surface area contributed by atoms with Crippen LogP contribution in [0.2, 0.25) is 0 Å². The highest BCUT2D eigenvalue weighted by atomic mass is 16.5. The fourth-order valence-corrected chi connectivity index (χ4v) is 4.25. The first-order valence-corrected chi connectivity index (χ1v) is 11.6. The minimum absolute atomic E-state index is 0.0615. The largest absolute Gasteiger partial charge is 0.497 e. The van der Waals surface area contributed by atoms with Gasteiger partial charge in [-0.1, -0.05) is 31.5 Å². The van der Waals surface area contributed by atoms with Crippen LogP contribution in [-0.4, -0.2) is 30.7 Å². The summed E-state index contributed by atoms with van der Waals surface area (Å²) in [7, 11) is 1.71. The number of nitrogens with zero attached hydrogens (tertiary/aromatic N) is 1. The number of methoxy groups -OCH3 is 1. The number of hydrogen-bond acceptors (Lipinski definition) is 5. The zero-order valence-electron chi connectivity index (χ0n) is 19.5. The van der Waals surface area contributed by atoms with Crippen molar-refractivity contribution in [3.8, 4) is 5.75 Å². The summed E-state index contributed by atoms with van der Waals surface area (Å²) in [6, 6.07) is 17.9. The number of benzene rings is 2. The Morgan fingerprint density at radius 2 is 1.97 bits per heavy atom. The van der Waals surface area contributed by atoms with Crippen molar-refractivity contribution in [2.45, 2.75) is 45.3 Å². The summed E-state index contributed by atoms with van der Waals surface area (Å²) in [4.78, 5) is 16.7. The van der Waals surface area contributed by atoms with Gasteiger partial charge in [0.25, 0.3) is 5.91 Å². The van der Waals surface area contributed by atoms with E-state index >= 15 is 0 Å². The Balaban J connectivity index is 1.53. The van der Waals surface area contributed by atoms with E-state index in [2.05, 4.69) is 52.1 Å². The summed E-state index contributed by atoms with van der Waals surface area (Å²) in [6.07, 6.45) is 5.07. The molecule has 1 aliphatic heterocycles. The van der Waals surface area contributed by atoms with Crippen LogP contribution in [0.3, 0.4) is 0 Å². The molecule has 33 heavy (non-hydrogen) atoms. The van der Waals surface area contributed by atoms with Crippen LogP contribution in [0.5, 0.6) is 5.75 Å². The lowest BCUT2D eigenvalue weighted by Gasteiger charge is -2.34. The monoisotopic (exact) mass is 444 g/mol. The number of unbranched alkanes of at least 4 members (excludes halogenated alkanes) is 1. The minimum atomic E-state index is -0.137. The van der Waals surface area contributed by atoms with Gasteiger partial charge < -0.3 is 15.4 Å². The van der Waals surface area contributed by atoms with Gasteiger partial charge in [-0.2, -0.15) is 0 Å². The van der Waals surface area contributed by atoms with E-state index in [0.717, 1.165) is 42.1 Å². The number of pyridine rings is 1. The van der Waals surface area contributed by atoms with Crippen LogP contribution >= 0.6 is 0 Å². The highest BCUT2D eigenvalue weighted by Gasteiger charge is 2.27. The number of aromatic nitrogens is 1. The van der Waals surface area contributed by atoms with Gasteiger partial charge in [-0.15, -0.1) is 0 Å². The second kappa shape index (κ2) is 10.6. The van der Waals surface area contributed by atoms with Gasteiger partial charge in [0, 0.05) is 29.6 Å². The van der Waals surface area contributed by atoms with E-state index in [1.165, 1.54) is 17.5 Å². The minimum Gasteiger partial charge on any atom is -0.497 e. The quantitative estimate of drug-likeness (QED) is 0.443. The summed E-state index contributed by atoms with van der Waals surface area (Å²) >= 11 is 0. The average molecular weight is 445 g/mol. The Kier molecular flexibility index (Phi) is 7.37. The molecule has 0 aliphatic carbocycles. The molecule has 2 aromatic carbocycles. The number of carbonyl (C=O) groups is 1. The SMILES string of the molecule is CCCCN[C@H]1Cc2cc(OC)ccc2[C@H](c2ccc(NC(=O)c3ccnc(C)c3)cc2)N1. The number of fused-ring (bicyclic) bond motifs is 1. The highest BCUT2D eigenvalue weighted by molar-refractivity contribution is 6.04. The highest BCUT2D eigenvalue weighted by Crippen LogP contribution is 2.33. The second-order valence-electron chi connectivity index (χ2n) is 8.49. The fourth-order valence-electron chi connectivity index (χ4n) is 4.25. The lowest BCUT2D eigenvalue weighted by molar-refractivity contribution is 0.102. The number of anilines is 1. The summed E-state index contributed by atoms with van der Waals surface area (Å²) in [5, 5.41) is 10.4. The zero-order chi connectivity index (χ0) is 23.2. The van der Waals surface area contributed by atoms with Gasteiger partial charge in [-0.3, -0.25) is 15.1 Å². The van der Waals surface area contributed by atoms with Crippen molar-refractivity contribution < 1.29 is 9.53 Å². The number of rotatable bonds is 8. The molecule has 3 N–H and O–H groups in total. The van der Waals surface area contributed by atoms with Crippen LogP contribution in [0, 0.1) is 6.92 Å². The van der Waals surface area contributed by atoms with E-state index in [4.69, 9.17) is 4.74 Å². The van der Waals surface area contributed by atoms with Crippen molar-refractivity contribution in [1.82, 2.24) is 15.6 Å². The molecule has 0 fully saturated rings. The third-order valence-corrected chi connectivity index (χ3v) is 6.03. The second-order valence-corrected chi connectivity index (χ2v) is 8.49. The Morgan fingerprint density at radius 3 is 2.70 bits per heavy atom. The smallest absolute Gasteiger partial charge is 0.255 e. The molecule has 0 saturated heterocycles. The van der Waals surface area contributed by atoms with E-state index < -0.39 is 0 Å². The maximum absolute atomic E-state index is 12.6. The van der Waals surface area contributed by atoms with Crippen molar-refractivity contribution in [3.63, 3.8) is 0 Å². The molecule has 1 aromatic heterocycles. The average Bonchev–Trinajstić information content (AvgIpc) is 2.84. The first-order valence-electron chi connectivity index (χ1n) is 11.6. The van der Waals surface area contributed by atoms with E-state index in [-0.39, 0.29) is 18.1 Å². The molecule has 2 heterocycles. The molecule has 6 nitrogen and oxygen atoms in total. The van der Waals surface area contributed by atoms with Gasteiger partial charge in [0.05, 0.1) is 19.3 Å². The first-order chi connectivity index (χ1) is 16.1. The summed E-state index contributed by atoms with van der Waals surface area (Å²) < 4.78 is 5.47. The van der Waals surface area contributed by atoms with Crippen LogP contribution in [0.4, 0.5) is 5.69 Å². The third-order valence-electron chi connectivity index (χ3n) is 6.03. The predicted molar refractivity (Wildman–Crippen MR) is 132 cm³/mol. The van der Waals surface area contributed by atoms with E-state index in [9.17, 15) is 4.79 Å². The maximum Gasteiger partial charge on any atom is 0.255 e. The molecule has 0 bridgehead atoms. The van der Waals surface area contributed by atoms with Gasteiger partial charge in [0.2, 0.25) is 0 Å². The molecule has 1 amide bonds. The number of hydrogen-bond donors (Lipinski definition) is 3. The molecule has 0 radical (unpaired) electrons. The lowest BCUT2D eigenvalue weighted by atomic mass is 9.88. The van der Waals surface area contributed by atoms with E-state index in [1.807, 2.05) is 25.1 Å². The number of aryl methyl sites for hydroxylation is 1. The van der Waals surface area contributed by atoms with Crippen LogP contribution < -0.4 is 20.7 Å². The maximum atomic E-state index is 12.6. The van der Waals surface area contributed by atoms with Crippen molar-refractivity contribution in [2.24, 2.45) is 0 Å². The van der Waals surface area contributed by atoms with Gasteiger partial charge >= 0.3 is 0 Å². The van der Waals surface area contributed by atoms with Gasteiger partial charge in [0.15, 0.2) is 0 Å². The molecular weight excluding hydrogens is 412 g/mol. The van der Waals surface area contributed by atoms with Crippen molar-refractivity contribution >= 4 is 11.6 Å². The number of ether oxygens (including phenoxy) is 1. The molecule has 1 aliphatic rings. The summed E-state index contributed by atoms with van der Waals surface area (Å²) in [5.41, 5.74) is 5.89. The van der Waals surface area contributed by atoms with Crippen LogP contribution in [0.1, 0.15) is 58.5 Å². The summed E-state index contributed by atoms with van der Waals surface area (Å²) in [6.45, 7) is 5.06. The van der Waals surface area contributed by atoms with E-state index in [0.29, 0.717) is 5.56 Å². The topological polar surface area (TPSA) is 75.3 Å². The molecule has 6 heteroatoms. The van der Waals surface area contributed by atoms with Crippen molar-refractivity contribution in [2.75, 3.05) is 19.0 Å². The Labute approximate surface area is 195 Å². The molecule has 172 valence electrons. The Hall–Kier alpha value is -3.22. The van der Waals surface area contributed by atoms with E-state index in [1.54, 1.807) is 25.4 Å². The third kappa shape index (κ3) is 5.59. The molecular formula is C27H32N4O2. The molecule has 3 aromatic rings. The Morgan fingerprint density at radius 1 is 1.15 bits per heavy atom. The van der Waals surface area contributed by atoms with Gasteiger partial charge in [0.1, 0.15) is 5.75 Å². The molecule has 0 unspecified atom stereocenters. The fraction of sp³-hybridized carbons (Fsp3) is 0.333.